The van der Waals surface area contributed by atoms with Gasteiger partial charge >= 0.3 is 11.9 Å². The molecule has 2 unspecified atom stereocenters. The zero-order chi connectivity index (χ0) is 18.8. The maximum atomic E-state index is 13.2. The van der Waals surface area contributed by atoms with Crippen molar-refractivity contribution in [3.8, 4) is 5.75 Å². The monoisotopic (exact) mass is 387 g/mol. The number of thioether (sulfide) groups is 1. The van der Waals surface area contributed by atoms with Crippen molar-refractivity contribution >= 4 is 29.4 Å². The number of carbonyl (C=O) groups excluding carboxylic acids is 2. The average molecular weight is 387 g/mol. The largest absolute Gasteiger partial charge is 0.501 e. The molecule has 142 valence electrons. The summed E-state index contributed by atoms with van der Waals surface area (Å²) in [6.07, 6.45) is 3.97. The molecule has 3 heterocycles. The van der Waals surface area contributed by atoms with E-state index in [2.05, 4.69) is 0 Å². The van der Waals surface area contributed by atoms with Gasteiger partial charge in [-0.25, -0.2) is 4.79 Å². The number of imide groups is 1. The predicted molar refractivity (Wildman–Crippen MR) is 103 cm³/mol. The van der Waals surface area contributed by atoms with Gasteiger partial charge in [0.15, 0.2) is 5.25 Å². The van der Waals surface area contributed by atoms with E-state index in [4.69, 9.17) is 9.47 Å². The first-order valence-electron chi connectivity index (χ1n) is 9.20. The van der Waals surface area contributed by atoms with Crippen LogP contribution in [0.15, 0.2) is 35.7 Å². The van der Waals surface area contributed by atoms with Crippen molar-refractivity contribution in [1.82, 2.24) is 4.90 Å². The van der Waals surface area contributed by atoms with Gasteiger partial charge in [-0.3, -0.25) is 0 Å². The van der Waals surface area contributed by atoms with Crippen LogP contribution in [0.3, 0.4) is 0 Å². The number of rotatable bonds is 5. The normalized spacial score (nSPS) is 25.1. The zero-order valence-corrected chi connectivity index (χ0v) is 16.1. The van der Waals surface area contributed by atoms with Crippen LogP contribution < -0.4 is 4.74 Å². The second kappa shape index (κ2) is 7.86. The van der Waals surface area contributed by atoms with Gasteiger partial charge in [-0.2, -0.15) is 14.3 Å². The molecule has 0 aromatic heterocycles. The first-order valence-corrected chi connectivity index (χ1v) is 10.1. The standard InChI is InChI=1S/C20H23N2O4S/c1-25-16-6-4-14(5-7-16)11-22-19(23)18-17(8-10-27-18)21(20(22)24)12-15-3-2-9-26-13-15/h4-8,10,15,18H,2-3,9,11-13H2,1H3/q+1. The molecule has 7 heteroatoms. The van der Waals surface area contributed by atoms with Crippen molar-refractivity contribution in [2.24, 2.45) is 5.92 Å². The smallest absolute Gasteiger partial charge is 0.497 e. The fourth-order valence-electron chi connectivity index (χ4n) is 3.71. The van der Waals surface area contributed by atoms with Gasteiger partial charge in [0.25, 0.3) is 0 Å². The predicted octanol–water partition coefficient (Wildman–Crippen LogP) is 2.67. The molecule has 0 radical (unpaired) electrons. The number of benzene rings is 1. The number of urea groups is 1. The van der Waals surface area contributed by atoms with Crippen LogP contribution in [0.2, 0.25) is 0 Å². The van der Waals surface area contributed by atoms with E-state index in [-0.39, 0.29) is 23.7 Å². The summed E-state index contributed by atoms with van der Waals surface area (Å²) in [5.74, 6) is 0.919. The third kappa shape index (κ3) is 3.66. The van der Waals surface area contributed by atoms with E-state index in [1.807, 2.05) is 35.7 Å². The van der Waals surface area contributed by atoms with Crippen LogP contribution in [0.4, 0.5) is 4.79 Å². The van der Waals surface area contributed by atoms with Gasteiger partial charge in [0.1, 0.15) is 18.0 Å². The number of ether oxygens (including phenoxy) is 2. The molecule has 2 atom stereocenters. The van der Waals surface area contributed by atoms with Gasteiger partial charge in [0, 0.05) is 12.5 Å². The molecule has 0 N–H and O–H groups in total. The minimum absolute atomic E-state index is 0.142. The maximum Gasteiger partial charge on any atom is 0.501 e. The Kier molecular flexibility index (Phi) is 5.31. The molecule has 0 saturated carbocycles. The van der Waals surface area contributed by atoms with Crippen LogP contribution in [0, 0.1) is 5.92 Å². The lowest BCUT2D eigenvalue weighted by Crippen LogP contribution is -2.55. The third-order valence-corrected chi connectivity index (χ3v) is 6.19. The summed E-state index contributed by atoms with van der Waals surface area (Å²) in [6, 6.07) is 7.22. The topological polar surface area (TPSA) is 58.9 Å². The van der Waals surface area contributed by atoms with Gasteiger partial charge in [-0.15, -0.1) is 11.8 Å². The highest BCUT2D eigenvalue weighted by Crippen LogP contribution is 2.29. The van der Waals surface area contributed by atoms with Crippen LogP contribution in [-0.4, -0.2) is 59.2 Å². The maximum absolute atomic E-state index is 13.2. The number of allylic oxidation sites excluding steroid dienone is 1. The molecule has 1 saturated heterocycles. The molecule has 0 bridgehead atoms. The molecule has 3 amide bonds. The van der Waals surface area contributed by atoms with Crippen molar-refractivity contribution in [2.75, 3.05) is 26.9 Å². The number of hydrogen-bond acceptors (Lipinski definition) is 5. The van der Waals surface area contributed by atoms with Crippen LogP contribution >= 0.6 is 11.8 Å². The number of fused-ring (bicyclic) bond motifs is 1. The van der Waals surface area contributed by atoms with Gasteiger partial charge in [-0.1, -0.05) is 12.1 Å². The molecule has 1 aromatic carbocycles. The Labute approximate surface area is 162 Å². The number of hydrogen-bond donors (Lipinski definition) is 0. The Balaban J connectivity index is 1.58. The third-order valence-electron chi connectivity index (χ3n) is 5.18. The fraction of sp³-hybridized carbons (Fsp3) is 0.450. The summed E-state index contributed by atoms with van der Waals surface area (Å²) in [7, 11) is 1.61. The molecule has 4 rings (SSSR count). The summed E-state index contributed by atoms with van der Waals surface area (Å²) in [4.78, 5) is 27.5. The lowest BCUT2D eigenvalue weighted by molar-refractivity contribution is -0.449. The van der Waals surface area contributed by atoms with Gasteiger partial charge in [-0.05, 0) is 42.0 Å². The molecule has 1 fully saturated rings. The summed E-state index contributed by atoms with van der Waals surface area (Å²) in [5, 5.41) is 1.58. The van der Waals surface area contributed by atoms with Crippen LogP contribution in [0.25, 0.3) is 0 Å². The van der Waals surface area contributed by atoms with E-state index in [0.717, 1.165) is 36.5 Å². The number of nitrogens with zero attached hydrogens (tertiary/aromatic N) is 2. The lowest BCUT2D eigenvalue weighted by Gasteiger charge is -2.27. The number of amides is 3. The van der Waals surface area contributed by atoms with Gasteiger partial charge in [0.2, 0.25) is 0 Å². The summed E-state index contributed by atoms with van der Waals surface area (Å²) >= 11 is 1.47. The average Bonchev–Trinajstić information content (AvgIpc) is 3.20. The highest BCUT2D eigenvalue weighted by Gasteiger charge is 2.49. The molecular formula is C20H23N2O4S+. The first kappa shape index (κ1) is 18.3. The van der Waals surface area contributed by atoms with Crippen molar-refractivity contribution in [1.29, 1.82) is 0 Å². The number of carbonyl (C=O) groups is 2. The van der Waals surface area contributed by atoms with Crippen LogP contribution in [-0.2, 0) is 16.1 Å². The van der Waals surface area contributed by atoms with E-state index in [9.17, 15) is 9.59 Å². The van der Waals surface area contributed by atoms with Crippen molar-refractivity contribution in [3.63, 3.8) is 0 Å². The zero-order valence-electron chi connectivity index (χ0n) is 15.3. The van der Waals surface area contributed by atoms with E-state index >= 15 is 0 Å². The summed E-state index contributed by atoms with van der Waals surface area (Å²) in [6.45, 7) is 2.33. The Bertz CT molecular complexity index is 797. The van der Waals surface area contributed by atoms with E-state index in [0.29, 0.717) is 19.1 Å². The highest BCUT2D eigenvalue weighted by molar-refractivity contribution is 8.04. The minimum atomic E-state index is -0.328. The quantitative estimate of drug-likeness (QED) is 0.727. The molecule has 0 aliphatic carbocycles. The van der Waals surface area contributed by atoms with E-state index in [1.165, 1.54) is 16.7 Å². The second-order valence-electron chi connectivity index (χ2n) is 6.99. The first-order chi connectivity index (χ1) is 13.2. The Hall–Kier alpha value is -2.12. The Morgan fingerprint density at radius 3 is 2.81 bits per heavy atom. The fourth-order valence-corrected chi connectivity index (χ4v) is 4.67. The minimum Gasteiger partial charge on any atom is -0.497 e. The van der Waals surface area contributed by atoms with E-state index in [1.54, 1.807) is 11.7 Å². The van der Waals surface area contributed by atoms with Crippen molar-refractivity contribution in [3.05, 3.63) is 41.3 Å². The van der Waals surface area contributed by atoms with Crippen molar-refractivity contribution in [2.45, 2.75) is 24.6 Å². The van der Waals surface area contributed by atoms with E-state index < -0.39 is 0 Å². The molecule has 6 nitrogen and oxygen atoms in total. The van der Waals surface area contributed by atoms with Crippen molar-refractivity contribution < 1.29 is 23.6 Å². The molecule has 3 aliphatic heterocycles. The summed E-state index contributed by atoms with van der Waals surface area (Å²) in [5.41, 5.74) is 1.71. The molecule has 0 spiro atoms. The molecule has 1 aromatic rings. The molecular weight excluding hydrogens is 364 g/mol. The molecule has 27 heavy (non-hydrogen) atoms. The van der Waals surface area contributed by atoms with Crippen LogP contribution in [0.5, 0.6) is 5.75 Å². The molecule has 3 aliphatic rings. The lowest BCUT2D eigenvalue weighted by atomic mass is 10.0. The van der Waals surface area contributed by atoms with Crippen LogP contribution in [0.1, 0.15) is 18.4 Å². The SMILES string of the molecule is COc1ccc(CN2C(=O)C3SC=CC3=[N+](CC3CCCOC3)C2=O)cc1. The highest BCUT2D eigenvalue weighted by atomic mass is 32.2. The summed E-state index contributed by atoms with van der Waals surface area (Å²) < 4.78 is 12.5. The van der Waals surface area contributed by atoms with Gasteiger partial charge in [0.05, 0.1) is 20.3 Å². The Morgan fingerprint density at radius 2 is 2.11 bits per heavy atom. The number of methoxy groups -OCH3 is 1. The van der Waals surface area contributed by atoms with Gasteiger partial charge < -0.3 is 9.47 Å². The Morgan fingerprint density at radius 1 is 1.30 bits per heavy atom. The second-order valence-corrected chi connectivity index (χ2v) is 8.01.